The highest BCUT2D eigenvalue weighted by Gasteiger charge is 2.14. The first-order valence-electron chi connectivity index (χ1n) is 4.81. The summed E-state index contributed by atoms with van der Waals surface area (Å²) in [5, 5.41) is 21.4. The average molecular weight is 236 g/mol. The SMILES string of the molecule is O=C(O)Cc1cnn(-c2ccc(O)cc2)c1F. The van der Waals surface area contributed by atoms with Crippen molar-refractivity contribution in [1.29, 1.82) is 0 Å². The van der Waals surface area contributed by atoms with Crippen LogP contribution in [0.25, 0.3) is 5.69 Å². The summed E-state index contributed by atoms with van der Waals surface area (Å²) in [5.41, 5.74) is 0.433. The highest BCUT2D eigenvalue weighted by molar-refractivity contribution is 5.70. The van der Waals surface area contributed by atoms with Gasteiger partial charge in [-0.2, -0.15) is 9.49 Å². The summed E-state index contributed by atoms with van der Waals surface area (Å²) < 4.78 is 14.7. The Morgan fingerprint density at radius 2 is 2.00 bits per heavy atom. The Morgan fingerprint density at radius 1 is 1.35 bits per heavy atom. The van der Waals surface area contributed by atoms with E-state index in [0.717, 1.165) is 4.68 Å². The van der Waals surface area contributed by atoms with E-state index in [2.05, 4.69) is 5.10 Å². The van der Waals surface area contributed by atoms with Crippen molar-refractivity contribution in [2.75, 3.05) is 0 Å². The molecule has 5 nitrogen and oxygen atoms in total. The van der Waals surface area contributed by atoms with Crippen LogP contribution in [0, 0.1) is 5.95 Å². The molecule has 88 valence electrons. The van der Waals surface area contributed by atoms with Crippen molar-refractivity contribution in [3.05, 3.63) is 42.0 Å². The molecule has 0 saturated heterocycles. The summed E-state index contributed by atoms with van der Waals surface area (Å²) in [6, 6.07) is 5.76. The lowest BCUT2D eigenvalue weighted by Crippen LogP contribution is -2.04. The zero-order valence-electron chi connectivity index (χ0n) is 8.67. The second kappa shape index (κ2) is 4.25. The van der Waals surface area contributed by atoms with Crippen molar-refractivity contribution in [2.24, 2.45) is 0 Å². The maximum absolute atomic E-state index is 13.8. The van der Waals surface area contributed by atoms with E-state index in [4.69, 9.17) is 10.2 Å². The van der Waals surface area contributed by atoms with E-state index in [1.807, 2.05) is 0 Å². The molecule has 2 aromatic rings. The Hall–Kier alpha value is -2.37. The molecule has 0 atom stereocenters. The van der Waals surface area contributed by atoms with Crippen molar-refractivity contribution in [2.45, 2.75) is 6.42 Å². The summed E-state index contributed by atoms with van der Waals surface area (Å²) in [5.74, 6) is -1.76. The first kappa shape index (κ1) is 11.1. The van der Waals surface area contributed by atoms with Gasteiger partial charge in [0.1, 0.15) is 5.75 Å². The third-order valence-electron chi connectivity index (χ3n) is 2.22. The van der Waals surface area contributed by atoms with Crippen LogP contribution in [0.3, 0.4) is 0 Å². The average Bonchev–Trinajstić information content (AvgIpc) is 2.61. The third kappa shape index (κ3) is 2.25. The second-order valence-electron chi connectivity index (χ2n) is 3.46. The number of aromatic nitrogens is 2. The maximum Gasteiger partial charge on any atom is 0.308 e. The number of aromatic hydroxyl groups is 1. The van der Waals surface area contributed by atoms with Crippen LogP contribution in [0.1, 0.15) is 5.56 Å². The van der Waals surface area contributed by atoms with Crippen LogP contribution in [0.15, 0.2) is 30.5 Å². The standard InChI is InChI=1S/C11H9FN2O3/c12-11-7(5-10(16)17)6-13-14(11)8-1-3-9(15)4-2-8/h1-4,6,15H,5H2,(H,16,17). The van der Waals surface area contributed by atoms with E-state index < -0.39 is 18.3 Å². The van der Waals surface area contributed by atoms with Gasteiger partial charge in [-0.05, 0) is 24.3 Å². The maximum atomic E-state index is 13.8. The fraction of sp³-hybridized carbons (Fsp3) is 0.0909. The first-order chi connectivity index (χ1) is 8.08. The topological polar surface area (TPSA) is 75.3 Å². The van der Waals surface area contributed by atoms with Crippen LogP contribution in [0.5, 0.6) is 5.75 Å². The number of carboxylic acid groups (broad SMARTS) is 1. The van der Waals surface area contributed by atoms with Gasteiger partial charge in [0.2, 0.25) is 5.95 Å². The Morgan fingerprint density at radius 3 is 2.59 bits per heavy atom. The molecule has 0 aliphatic carbocycles. The highest BCUT2D eigenvalue weighted by atomic mass is 19.1. The summed E-state index contributed by atoms with van der Waals surface area (Å²) in [4.78, 5) is 10.5. The van der Waals surface area contributed by atoms with Gasteiger partial charge in [-0.1, -0.05) is 0 Å². The summed E-state index contributed by atoms with van der Waals surface area (Å²) in [6.45, 7) is 0. The summed E-state index contributed by atoms with van der Waals surface area (Å²) in [7, 11) is 0. The monoisotopic (exact) mass is 236 g/mol. The number of hydrogen-bond acceptors (Lipinski definition) is 3. The van der Waals surface area contributed by atoms with Gasteiger partial charge in [-0.3, -0.25) is 4.79 Å². The van der Waals surface area contributed by atoms with Crippen LogP contribution in [-0.2, 0) is 11.2 Å². The zero-order valence-corrected chi connectivity index (χ0v) is 8.67. The van der Waals surface area contributed by atoms with E-state index in [1.54, 1.807) is 0 Å². The molecule has 0 bridgehead atoms. The van der Waals surface area contributed by atoms with E-state index in [0.29, 0.717) is 5.69 Å². The molecule has 1 aromatic heterocycles. The lowest BCUT2D eigenvalue weighted by molar-refractivity contribution is -0.136. The van der Waals surface area contributed by atoms with Gasteiger partial charge in [0.15, 0.2) is 0 Å². The van der Waals surface area contributed by atoms with E-state index >= 15 is 0 Å². The molecule has 0 amide bonds. The van der Waals surface area contributed by atoms with Gasteiger partial charge in [0, 0.05) is 5.56 Å². The van der Waals surface area contributed by atoms with Crippen LogP contribution in [0.4, 0.5) is 4.39 Å². The minimum atomic E-state index is -1.12. The van der Waals surface area contributed by atoms with Crippen LogP contribution in [-0.4, -0.2) is 26.0 Å². The fourth-order valence-electron chi connectivity index (χ4n) is 1.42. The Labute approximate surface area is 95.7 Å². The van der Waals surface area contributed by atoms with Crippen LogP contribution < -0.4 is 0 Å². The molecule has 0 fully saturated rings. The molecule has 6 heteroatoms. The van der Waals surface area contributed by atoms with Gasteiger partial charge >= 0.3 is 5.97 Å². The molecular formula is C11H9FN2O3. The largest absolute Gasteiger partial charge is 0.508 e. The molecular weight excluding hydrogens is 227 g/mol. The Kier molecular flexibility index (Phi) is 2.78. The summed E-state index contributed by atoms with van der Waals surface area (Å²) in [6.07, 6.45) is 0.764. The minimum Gasteiger partial charge on any atom is -0.508 e. The molecule has 0 unspecified atom stereocenters. The van der Waals surface area contributed by atoms with Crippen molar-refractivity contribution in [3.8, 4) is 11.4 Å². The van der Waals surface area contributed by atoms with Crippen LogP contribution in [0.2, 0.25) is 0 Å². The lowest BCUT2D eigenvalue weighted by atomic mass is 10.2. The molecule has 0 radical (unpaired) electrons. The first-order valence-corrected chi connectivity index (χ1v) is 4.81. The number of aliphatic carboxylic acids is 1. The number of hydrogen-bond donors (Lipinski definition) is 2. The number of nitrogens with zero attached hydrogens (tertiary/aromatic N) is 2. The summed E-state index contributed by atoms with van der Waals surface area (Å²) >= 11 is 0. The zero-order chi connectivity index (χ0) is 12.4. The molecule has 0 spiro atoms. The van der Waals surface area contributed by atoms with E-state index in [9.17, 15) is 9.18 Å². The van der Waals surface area contributed by atoms with Crippen LogP contribution >= 0.6 is 0 Å². The number of phenolic OH excluding ortho intramolecular Hbond substituents is 1. The van der Waals surface area contributed by atoms with Gasteiger partial charge in [-0.25, -0.2) is 4.68 Å². The van der Waals surface area contributed by atoms with Crippen molar-refractivity contribution >= 4 is 5.97 Å². The molecule has 2 rings (SSSR count). The van der Waals surface area contributed by atoms with Crippen molar-refractivity contribution in [3.63, 3.8) is 0 Å². The highest BCUT2D eigenvalue weighted by Crippen LogP contribution is 2.16. The predicted molar refractivity (Wildman–Crippen MR) is 56.5 cm³/mol. The molecule has 1 heterocycles. The fourth-order valence-corrected chi connectivity index (χ4v) is 1.42. The number of rotatable bonds is 3. The number of carboxylic acids is 1. The van der Waals surface area contributed by atoms with Gasteiger partial charge < -0.3 is 10.2 Å². The van der Waals surface area contributed by atoms with Gasteiger partial charge in [-0.15, -0.1) is 0 Å². The number of benzene rings is 1. The smallest absolute Gasteiger partial charge is 0.308 e. The molecule has 1 aromatic carbocycles. The van der Waals surface area contributed by atoms with Crippen molar-refractivity contribution in [1.82, 2.24) is 9.78 Å². The second-order valence-corrected chi connectivity index (χ2v) is 3.46. The molecule has 0 saturated carbocycles. The molecule has 0 aliphatic heterocycles. The number of halogens is 1. The van der Waals surface area contributed by atoms with E-state index in [1.165, 1.54) is 30.5 Å². The predicted octanol–water partition coefficient (Wildman–Crippen LogP) is 1.34. The van der Waals surface area contributed by atoms with Gasteiger partial charge in [0.25, 0.3) is 0 Å². The quantitative estimate of drug-likeness (QED) is 0.843. The molecule has 2 N–H and O–H groups in total. The molecule has 0 aliphatic rings. The Balaban J connectivity index is 2.37. The Bertz CT molecular complexity index is 548. The van der Waals surface area contributed by atoms with Crippen molar-refractivity contribution < 1.29 is 19.4 Å². The lowest BCUT2D eigenvalue weighted by Gasteiger charge is -2.02. The normalized spacial score (nSPS) is 10.4. The number of carbonyl (C=O) groups is 1. The minimum absolute atomic E-state index is 0.0191. The number of phenols is 1. The van der Waals surface area contributed by atoms with E-state index in [-0.39, 0.29) is 11.3 Å². The third-order valence-corrected chi connectivity index (χ3v) is 2.22. The molecule has 17 heavy (non-hydrogen) atoms. The van der Waals surface area contributed by atoms with Gasteiger partial charge in [0.05, 0.1) is 18.3 Å².